The number of carbonyl (C=O) groups excluding carboxylic acids is 1. The maximum absolute atomic E-state index is 13.3. The van der Waals surface area contributed by atoms with E-state index in [2.05, 4.69) is 15.3 Å². The normalized spacial score (nSPS) is 11.8. The van der Waals surface area contributed by atoms with Gasteiger partial charge in [-0.25, -0.2) is 0 Å². The van der Waals surface area contributed by atoms with Gasteiger partial charge >= 0.3 is 0 Å². The van der Waals surface area contributed by atoms with Gasteiger partial charge in [-0.1, -0.05) is 26.0 Å². The minimum absolute atomic E-state index is 0.0295. The Labute approximate surface area is 193 Å². The average Bonchev–Trinajstić information content (AvgIpc) is 3.29. The van der Waals surface area contributed by atoms with Gasteiger partial charge in [-0.3, -0.25) is 14.8 Å². The van der Waals surface area contributed by atoms with Gasteiger partial charge < -0.3 is 15.0 Å². The third-order valence-corrected chi connectivity index (χ3v) is 5.16. The van der Waals surface area contributed by atoms with Crippen molar-refractivity contribution >= 4 is 23.0 Å². The molecule has 4 aromatic rings. The van der Waals surface area contributed by atoms with Crippen LogP contribution >= 0.6 is 0 Å². The van der Waals surface area contributed by atoms with Gasteiger partial charge in [0.05, 0.1) is 5.69 Å². The van der Waals surface area contributed by atoms with E-state index in [9.17, 15) is 4.79 Å². The summed E-state index contributed by atoms with van der Waals surface area (Å²) in [6.07, 6.45) is 7.65. The maximum Gasteiger partial charge on any atom is 0.258 e. The Morgan fingerprint density at radius 1 is 0.848 bits per heavy atom. The minimum atomic E-state index is -0.0295. The molecule has 5 rings (SSSR count). The molecule has 0 atom stereocenters. The lowest BCUT2D eigenvalue weighted by Gasteiger charge is -2.19. The maximum atomic E-state index is 13.3. The fourth-order valence-electron chi connectivity index (χ4n) is 3.66. The van der Waals surface area contributed by atoms with Crippen molar-refractivity contribution < 1.29 is 9.53 Å². The van der Waals surface area contributed by atoms with E-state index in [1.807, 2.05) is 73.3 Å². The molecule has 0 unspecified atom stereocenters. The standard InChI is InChI=1S/C25H20N4O2.C2H6/c30-25(19-2-1-3-21(16-19)28-20-6-11-26-12-7-20)29-15-10-18-4-5-23(17-24(18)29)31-22-8-13-27-14-9-22;1-2/h1-9,11-14,16-17H,10,15H2,(H,26,28);1-2H3. The summed E-state index contributed by atoms with van der Waals surface area (Å²) in [6, 6.07) is 20.8. The van der Waals surface area contributed by atoms with E-state index in [-0.39, 0.29) is 5.91 Å². The first kappa shape index (κ1) is 22.0. The smallest absolute Gasteiger partial charge is 0.258 e. The summed E-state index contributed by atoms with van der Waals surface area (Å²) in [5.74, 6) is 1.37. The van der Waals surface area contributed by atoms with E-state index >= 15 is 0 Å². The van der Waals surface area contributed by atoms with Gasteiger partial charge in [0.25, 0.3) is 5.91 Å². The zero-order chi connectivity index (χ0) is 23.0. The van der Waals surface area contributed by atoms with Crippen LogP contribution in [0.25, 0.3) is 0 Å². The van der Waals surface area contributed by atoms with Gasteiger partial charge in [0.1, 0.15) is 11.5 Å². The molecule has 6 nitrogen and oxygen atoms in total. The predicted molar refractivity (Wildman–Crippen MR) is 131 cm³/mol. The van der Waals surface area contributed by atoms with Crippen LogP contribution in [0.3, 0.4) is 0 Å². The van der Waals surface area contributed by atoms with Crippen LogP contribution in [0, 0.1) is 0 Å². The number of amides is 1. The van der Waals surface area contributed by atoms with Crippen LogP contribution in [-0.4, -0.2) is 22.4 Å². The molecule has 6 heteroatoms. The molecule has 0 radical (unpaired) electrons. The van der Waals surface area contributed by atoms with E-state index < -0.39 is 0 Å². The lowest BCUT2D eigenvalue weighted by molar-refractivity contribution is 0.0989. The highest BCUT2D eigenvalue weighted by Gasteiger charge is 2.26. The molecule has 0 aliphatic carbocycles. The molecule has 3 heterocycles. The van der Waals surface area contributed by atoms with E-state index in [4.69, 9.17) is 4.74 Å². The van der Waals surface area contributed by atoms with Crippen LogP contribution in [0.2, 0.25) is 0 Å². The van der Waals surface area contributed by atoms with Crippen molar-refractivity contribution in [3.8, 4) is 11.5 Å². The second-order valence-corrected chi connectivity index (χ2v) is 7.22. The van der Waals surface area contributed by atoms with Crippen LogP contribution in [0.1, 0.15) is 29.8 Å². The Morgan fingerprint density at radius 2 is 1.58 bits per heavy atom. The van der Waals surface area contributed by atoms with Gasteiger partial charge in [-0.2, -0.15) is 0 Å². The molecule has 33 heavy (non-hydrogen) atoms. The number of carbonyl (C=O) groups is 1. The van der Waals surface area contributed by atoms with Gasteiger partial charge in [0, 0.05) is 54.3 Å². The molecule has 166 valence electrons. The number of aromatic nitrogens is 2. The third kappa shape index (κ3) is 5.18. The van der Waals surface area contributed by atoms with Crippen LogP contribution in [0.15, 0.2) is 91.5 Å². The summed E-state index contributed by atoms with van der Waals surface area (Å²) in [4.78, 5) is 23.2. The van der Waals surface area contributed by atoms with E-state index in [1.165, 1.54) is 0 Å². The van der Waals surface area contributed by atoms with Gasteiger partial charge in [-0.15, -0.1) is 0 Å². The lowest BCUT2D eigenvalue weighted by Crippen LogP contribution is -2.28. The number of anilines is 3. The predicted octanol–water partition coefficient (Wildman–Crippen LogP) is 6.24. The first-order valence-corrected chi connectivity index (χ1v) is 11.1. The highest BCUT2D eigenvalue weighted by Crippen LogP contribution is 2.34. The Hall–Kier alpha value is -4.19. The Kier molecular flexibility index (Phi) is 6.95. The summed E-state index contributed by atoms with van der Waals surface area (Å²) < 4.78 is 5.93. The number of hydrogen-bond donors (Lipinski definition) is 1. The number of ether oxygens (including phenoxy) is 1. The molecule has 0 spiro atoms. The Balaban J connectivity index is 0.00000126. The lowest BCUT2D eigenvalue weighted by atomic mass is 10.1. The molecule has 1 amide bonds. The quantitative estimate of drug-likeness (QED) is 0.399. The molecule has 1 aliphatic rings. The molecule has 0 saturated heterocycles. The summed E-state index contributed by atoms with van der Waals surface area (Å²) in [6.45, 7) is 4.65. The van der Waals surface area contributed by atoms with Gasteiger partial charge in [0.15, 0.2) is 0 Å². The first-order chi connectivity index (χ1) is 16.3. The molecular formula is C27H26N4O2. The number of fused-ring (bicyclic) bond motifs is 1. The summed E-state index contributed by atoms with van der Waals surface area (Å²) >= 11 is 0. The van der Waals surface area contributed by atoms with Crippen molar-refractivity contribution in [2.24, 2.45) is 0 Å². The van der Waals surface area contributed by atoms with E-state index in [0.717, 1.165) is 29.0 Å². The second kappa shape index (κ2) is 10.4. The number of rotatable bonds is 5. The SMILES string of the molecule is CC.O=C(c1cccc(Nc2ccncc2)c1)N1CCc2ccc(Oc3ccncc3)cc21. The molecule has 0 saturated carbocycles. The number of pyridine rings is 2. The van der Waals surface area contributed by atoms with Crippen LogP contribution in [-0.2, 0) is 6.42 Å². The van der Waals surface area contributed by atoms with Crippen molar-refractivity contribution in [2.45, 2.75) is 20.3 Å². The number of nitrogens with zero attached hydrogens (tertiary/aromatic N) is 3. The van der Waals surface area contributed by atoms with Crippen molar-refractivity contribution in [1.29, 1.82) is 0 Å². The summed E-state index contributed by atoms with van der Waals surface area (Å²) in [7, 11) is 0. The highest BCUT2D eigenvalue weighted by atomic mass is 16.5. The minimum Gasteiger partial charge on any atom is -0.457 e. The van der Waals surface area contributed by atoms with E-state index in [0.29, 0.717) is 23.6 Å². The zero-order valence-electron chi connectivity index (χ0n) is 18.7. The van der Waals surface area contributed by atoms with E-state index in [1.54, 1.807) is 36.9 Å². The second-order valence-electron chi connectivity index (χ2n) is 7.22. The molecule has 0 fully saturated rings. The van der Waals surface area contributed by atoms with Gasteiger partial charge in [0.2, 0.25) is 0 Å². The molecule has 1 aliphatic heterocycles. The topological polar surface area (TPSA) is 67.4 Å². The highest BCUT2D eigenvalue weighted by molar-refractivity contribution is 6.08. The molecule has 2 aromatic heterocycles. The Morgan fingerprint density at radius 3 is 2.33 bits per heavy atom. The van der Waals surface area contributed by atoms with Crippen LogP contribution in [0.5, 0.6) is 11.5 Å². The molecule has 0 bridgehead atoms. The van der Waals surface area contributed by atoms with Crippen LogP contribution < -0.4 is 15.0 Å². The largest absolute Gasteiger partial charge is 0.457 e. The van der Waals surface area contributed by atoms with Crippen molar-refractivity contribution in [3.63, 3.8) is 0 Å². The Bertz CT molecular complexity index is 1210. The zero-order valence-corrected chi connectivity index (χ0v) is 18.7. The van der Waals surface area contributed by atoms with Gasteiger partial charge in [-0.05, 0) is 60.5 Å². The van der Waals surface area contributed by atoms with Crippen molar-refractivity contribution in [1.82, 2.24) is 9.97 Å². The molecule has 2 aromatic carbocycles. The fraction of sp³-hybridized carbons (Fsp3) is 0.148. The molecule has 1 N–H and O–H groups in total. The number of nitrogens with one attached hydrogen (secondary N) is 1. The monoisotopic (exact) mass is 438 g/mol. The molecular weight excluding hydrogens is 412 g/mol. The summed E-state index contributed by atoms with van der Waals surface area (Å²) in [5.41, 5.74) is 4.44. The van der Waals surface area contributed by atoms with Crippen molar-refractivity contribution in [3.05, 3.63) is 103 Å². The fourth-order valence-corrected chi connectivity index (χ4v) is 3.66. The number of hydrogen-bond acceptors (Lipinski definition) is 5. The van der Waals surface area contributed by atoms with Crippen molar-refractivity contribution in [2.75, 3.05) is 16.8 Å². The number of benzene rings is 2. The van der Waals surface area contributed by atoms with Crippen LogP contribution in [0.4, 0.5) is 17.1 Å². The average molecular weight is 439 g/mol. The third-order valence-electron chi connectivity index (χ3n) is 5.16. The first-order valence-electron chi connectivity index (χ1n) is 11.1. The summed E-state index contributed by atoms with van der Waals surface area (Å²) in [5, 5.41) is 3.31.